The molecule has 5 heteroatoms. The highest BCUT2D eigenvalue weighted by Crippen LogP contribution is 2.18. The average Bonchev–Trinajstić information content (AvgIpc) is 2.51. The Morgan fingerprint density at radius 1 is 1.32 bits per heavy atom. The molecule has 0 aliphatic carbocycles. The van der Waals surface area contributed by atoms with E-state index in [1.165, 1.54) is 12.8 Å². The highest BCUT2D eigenvalue weighted by molar-refractivity contribution is 5.92. The maximum atomic E-state index is 12.6. The van der Waals surface area contributed by atoms with Gasteiger partial charge in [-0.05, 0) is 38.2 Å². The second kappa shape index (κ2) is 8.11. The summed E-state index contributed by atoms with van der Waals surface area (Å²) in [6.45, 7) is 8.86. The van der Waals surface area contributed by atoms with Crippen LogP contribution in [0.15, 0.2) is 6.07 Å². The fourth-order valence-corrected chi connectivity index (χ4v) is 2.71. The van der Waals surface area contributed by atoms with Crippen molar-refractivity contribution >= 4 is 11.9 Å². The number of hydrogen-bond donors (Lipinski definition) is 1. The summed E-state index contributed by atoms with van der Waals surface area (Å²) >= 11 is 0. The Bertz CT molecular complexity index is 495. The number of hydrogen-bond acceptors (Lipinski definition) is 4. The van der Waals surface area contributed by atoms with Crippen molar-refractivity contribution in [1.82, 2.24) is 14.9 Å². The van der Waals surface area contributed by atoms with Crippen molar-refractivity contribution in [3.05, 3.63) is 17.5 Å². The molecule has 1 amide bonds. The van der Waals surface area contributed by atoms with Gasteiger partial charge in [0.2, 0.25) is 5.95 Å². The molecule has 0 bridgehead atoms. The predicted octanol–water partition coefficient (Wildman–Crippen LogP) is 3.26. The van der Waals surface area contributed by atoms with Gasteiger partial charge in [0.15, 0.2) is 0 Å². The second-order valence-electron chi connectivity index (χ2n) is 6.33. The minimum Gasteiger partial charge on any atom is -0.354 e. The third-order valence-electron chi connectivity index (χ3n) is 4.21. The number of aryl methyl sites for hydroxylation is 1. The van der Waals surface area contributed by atoms with E-state index in [9.17, 15) is 4.79 Å². The summed E-state index contributed by atoms with van der Waals surface area (Å²) in [6, 6.07) is 1.79. The van der Waals surface area contributed by atoms with Crippen LogP contribution < -0.4 is 5.32 Å². The summed E-state index contributed by atoms with van der Waals surface area (Å²) in [6.07, 6.45) is 5.64. The predicted molar refractivity (Wildman–Crippen MR) is 89.1 cm³/mol. The lowest BCUT2D eigenvalue weighted by molar-refractivity contribution is 0.0691. The minimum absolute atomic E-state index is 0.0361. The van der Waals surface area contributed by atoms with Crippen LogP contribution in [0.5, 0.6) is 0 Å². The summed E-state index contributed by atoms with van der Waals surface area (Å²) in [5.41, 5.74) is 1.35. The van der Waals surface area contributed by atoms with E-state index < -0.39 is 0 Å². The molecular formula is C17H28N4O. The Balaban J connectivity index is 2.00. The quantitative estimate of drug-likeness (QED) is 0.820. The maximum absolute atomic E-state index is 12.6. The van der Waals surface area contributed by atoms with Crippen molar-refractivity contribution < 1.29 is 4.79 Å². The Morgan fingerprint density at radius 3 is 2.73 bits per heavy atom. The van der Waals surface area contributed by atoms with E-state index in [-0.39, 0.29) is 5.91 Å². The molecule has 1 aliphatic rings. The highest BCUT2D eigenvalue weighted by Gasteiger charge is 2.23. The number of carbonyl (C=O) groups is 1. The van der Waals surface area contributed by atoms with Gasteiger partial charge >= 0.3 is 0 Å². The summed E-state index contributed by atoms with van der Waals surface area (Å²) in [5, 5.41) is 3.23. The zero-order valence-electron chi connectivity index (χ0n) is 14.1. The molecule has 1 N–H and O–H groups in total. The summed E-state index contributed by atoms with van der Waals surface area (Å²) in [4.78, 5) is 23.3. The zero-order valence-corrected chi connectivity index (χ0v) is 14.1. The van der Waals surface area contributed by atoms with Crippen molar-refractivity contribution in [1.29, 1.82) is 0 Å². The SMILES string of the molecule is CCCCCNc1nc(C)cc(C(=O)N2CCC(C)CC2)n1. The number of nitrogens with one attached hydrogen (secondary N) is 1. The first-order valence-corrected chi connectivity index (χ1v) is 8.49. The van der Waals surface area contributed by atoms with Gasteiger partial charge in [-0.1, -0.05) is 26.7 Å². The normalized spacial score (nSPS) is 15.9. The Morgan fingerprint density at radius 2 is 2.05 bits per heavy atom. The number of anilines is 1. The molecule has 1 saturated heterocycles. The average molecular weight is 304 g/mol. The molecular weight excluding hydrogens is 276 g/mol. The van der Waals surface area contributed by atoms with E-state index in [1.807, 2.05) is 11.8 Å². The first-order valence-electron chi connectivity index (χ1n) is 8.49. The molecule has 1 aromatic rings. The molecule has 0 spiro atoms. The third kappa shape index (κ3) is 4.68. The minimum atomic E-state index is 0.0361. The standard InChI is InChI=1S/C17H28N4O/c1-4-5-6-9-18-17-19-14(3)12-15(20-17)16(22)21-10-7-13(2)8-11-21/h12-13H,4-11H2,1-3H3,(H,18,19,20). The van der Waals surface area contributed by atoms with Crippen LogP contribution >= 0.6 is 0 Å². The molecule has 0 unspecified atom stereocenters. The third-order valence-corrected chi connectivity index (χ3v) is 4.21. The molecule has 2 heterocycles. The zero-order chi connectivity index (χ0) is 15.9. The van der Waals surface area contributed by atoms with Crippen LogP contribution in [-0.4, -0.2) is 40.4 Å². The number of amides is 1. The van der Waals surface area contributed by atoms with Crippen molar-refractivity contribution in [3.8, 4) is 0 Å². The highest BCUT2D eigenvalue weighted by atomic mass is 16.2. The molecule has 0 atom stereocenters. The van der Waals surface area contributed by atoms with Crippen LogP contribution in [-0.2, 0) is 0 Å². The monoisotopic (exact) mass is 304 g/mol. The number of nitrogens with zero attached hydrogens (tertiary/aromatic N) is 3. The lowest BCUT2D eigenvalue weighted by Crippen LogP contribution is -2.38. The molecule has 5 nitrogen and oxygen atoms in total. The van der Waals surface area contributed by atoms with E-state index in [2.05, 4.69) is 29.1 Å². The van der Waals surface area contributed by atoms with E-state index in [0.29, 0.717) is 17.6 Å². The lowest BCUT2D eigenvalue weighted by atomic mass is 9.99. The van der Waals surface area contributed by atoms with Gasteiger partial charge in [0.05, 0.1) is 0 Å². The number of aromatic nitrogens is 2. The molecule has 122 valence electrons. The van der Waals surface area contributed by atoms with Crippen LogP contribution in [0, 0.1) is 12.8 Å². The fourth-order valence-electron chi connectivity index (χ4n) is 2.71. The van der Waals surface area contributed by atoms with Crippen LogP contribution in [0.3, 0.4) is 0 Å². The lowest BCUT2D eigenvalue weighted by Gasteiger charge is -2.30. The van der Waals surface area contributed by atoms with Crippen LogP contribution in [0.4, 0.5) is 5.95 Å². The molecule has 1 aliphatic heterocycles. The topological polar surface area (TPSA) is 58.1 Å². The number of piperidine rings is 1. The van der Waals surface area contributed by atoms with Crippen molar-refractivity contribution in [3.63, 3.8) is 0 Å². The molecule has 2 rings (SSSR count). The number of carbonyl (C=O) groups excluding carboxylic acids is 1. The number of unbranched alkanes of at least 4 members (excludes halogenated alkanes) is 2. The molecule has 0 saturated carbocycles. The smallest absolute Gasteiger partial charge is 0.272 e. The number of likely N-dealkylation sites (tertiary alicyclic amines) is 1. The first-order chi connectivity index (χ1) is 10.6. The van der Waals surface area contributed by atoms with Gasteiger partial charge in [0.25, 0.3) is 5.91 Å². The largest absolute Gasteiger partial charge is 0.354 e. The van der Waals surface area contributed by atoms with Gasteiger partial charge in [-0.2, -0.15) is 0 Å². The molecule has 1 aromatic heterocycles. The van der Waals surface area contributed by atoms with Gasteiger partial charge in [0, 0.05) is 25.3 Å². The number of rotatable bonds is 6. The van der Waals surface area contributed by atoms with Crippen molar-refractivity contribution in [2.45, 2.75) is 52.9 Å². The van der Waals surface area contributed by atoms with Crippen molar-refractivity contribution in [2.24, 2.45) is 5.92 Å². The van der Waals surface area contributed by atoms with Crippen LogP contribution in [0.1, 0.15) is 62.1 Å². The maximum Gasteiger partial charge on any atom is 0.272 e. The molecule has 0 aromatic carbocycles. The first kappa shape index (κ1) is 16.7. The Kier molecular flexibility index (Phi) is 6.16. The van der Waals surface area contributed by atoms with E-state index in [4.69, 9.17) is 0 Å². The Labute approximate surface area is 133 Å². The van der Waals surface area contributed by atoms with Gasteiger partial charge in [0.1, 0.15) is 5.69 Å². The molecule has 22 heavy (non-hydrogen) atoms. The summed E-state index contributed by atoms with van der Waals surface area (Å²) in [7, 11) is 0. The second-order valence-corrected chi connectivity index (χ2v) is 6.33. The van der Waals surface area contributed by atoms with Gasteiger partial charge in [-0.25, -0.2) is 9.97 Å². The molecule has 1 fully saturated rings. The van der Waals surface area contributed by atoms with E-state index in [1.54, 1.807) is 6.07 Å². The van der Waals surface area contributed by atoms with Gasteiger partial charge in [-0.3, -0.25) is 4.79 Å². The van der Waals surface area contributed by atoms with Gasteiger partial charge in [-0.15, -0.1) is 0 Å². The molecule has 0 radical (unpaired) electrons. The van der Waals surface area contributed by atoms with Crippen LogP contribution in [0.25, 0.3) is 0 Å². The fraction of sp³-hybridized carbons (Fsp3) is 0.706. The van der Waals surface area contributed by atoms with Crippen LogP contribution in [0.2, 0.25) is 0 Å². The van der Waals surface area contributed by atoms with Gasteiger partial charge < -0.3 is 10.2 Å². The summed E-state index contributed by atoms with van der Waals surface area (Å²) in [5.74, 6) is 1.32. The summed E-state index contributed by atoms with van der Waals surface area (Å²) < 4.78 is 0. The van der Waals surface area contributed by atoms with E-state index >= 15 is 0 Å². The van der Waals surface area contributed by atoms with Crippen molar-refractivity contribution in [2.75, 3.05) is 25.0 Å². The van der Waals surface area contributed by atoms with E-state index in [0.717, 1.165) is 44.6 Å². The Hall–Kier alpha value is -1.65.